The Kier molecular flexibility index (Phi) is 5.50. The molecule has 0 bridgehead atoms. The summed E-state index contributed by atoms with van der Waals surface area (Å²) >= 11 is 1.21. The van der Waals surface area contributed by atoms with Crippen molar-refractivity contribution in [1.82, 2.24) is 9.97 Å². The number of rotatable bonds is 5. The maximum atomic E-state index is 11.7. The quantitative estimate of drug-likeness (QED) is 0.615. The molecule has 10 heteroatoms. The molecule has 0 fully saturated rings. The van der Waals surface area contributed by atoms with Crippen LogP contribution in [0.15, 0.2) is 36.4 Å². The first-order valence-electron chi connectivity index (χ1n) is 8.92. The molecule has 0 saturated heterocycles. The second-order valence-electron chi connectivity index (χ2n) is 7.39. The predicted octanol–water partition coefficient (Wildman–Crippen LogP) is 4.40. The summed E-state index contributed by atoms with van der Waals surface area (Å²) in [6.45, 7) is 6.99. The van der Waals surface area contributed by atoms with Gasteiger partial charge in [-0.3, -0.25) is 4.72 Å². The van der Waals surface area contributed by atoms with Gasteiger partial charge in [-0.2, -0.15) is 0 Å². The minimum Gasteiger partial charge on any atom is -0.465 e. The summed E-state index contributed by atoms with van der Waals surface area (Å²) in [6, 6.07) is 10.5. The van der Waals surface area contributed by atoms with Crippen LogP contribution in [0.25, 0.3) is 21.6 Å². The number of sulfonamides is 1. The van der Waals surface area contributed by atoms with Crippen molar-refractivity contribution in [3.8, 4) is 11.3 Å². The highest BCUT2D eigenvalue weighted by molar-refractivity contribution is 7.92. The number of thiazole rings is 1. The number of carboxylic acid groups (broad SMARTS) is 1. The van der Waals surface area contributed by atoms with Gasteiger partial charge in [-0.25, -0.2) is 28.1 Å². The minimum absolute atomic E-state index is 0.00259. The number of aromatic nitrogens is 2. The molecule has 3 aromatic rings. The molecule has 0 saturated carbocycles. The Balaban J connectivity index is 1.93. The number of hydrogen-bond donors (Lipinski definition) is 2. The lowest BCUT2D eigenvalue weighted by Gasteiger charge is -2.30. The maximum Gasteiger partial charge on any atom is 0.414 e. The Morgan fingerprint density at radius 3 is 2.34 bits per heavy atom. The van der Waals surface area contributed by atoms with Crippen molar-refractivity contribution in [2.75, 3.05) is 15.4 Å². The molecule has 1 amide bonds. The van der Waals surface area contributed by atoms with Crippen molar-refractivity contribution in [3.63, 3.8) is 0 Å². The van der Waals surface area contributed by atoms with Crippen molar-refractivity contribution < 1.29 is 18.3 Å². The fourth-order valence-corrected chi connectivity index (χ4v) is 4.44. The molecular formula is C19H22N4O4S2. The number of hydrogen-bond acceptors (Lipinski definition) is 6. The Morgan fingerprint density at radius 2 is 1.79 bits per heavy atom. The number of pyridine rings is 1. The van der Waals surface area contributed by atoms with Gasteiger partial charge in [0.25, 0.3) is 0 Å². The molecule has 8 nitrogen and oxygen atoms in total. The van der Waals surface area contributed by atoms with Gasteiger partial charge < -0.3 is 5.11 Å². The zero-order valence-corrected chi connectivity index (χ0v) is 18.1. The van der Waals surface area contributed by atoms with Gasteiger partial charge in [-0.15, -0.1) is 0 Å². The first-order chi connectivity index (χ1) is 13.5. The molecule has 3 rings (SSSR count). The smallest absolute Gasteiger partial charge is 0.414 e. The van der Waals surface area contributed by atoms with E-state index in [1.54, 1.807) is 64.1 Å². The van der Waals surface area contributed by atoms with Crippen molar-refractivity contribution >= 4 is 48.6 Å². The molecule has 0 atom stereocenters. The van der Waals surface area contributed by atoms with Crippen molar-refractivity contribution in [3.05, 3.63) is 36.4 Å². The van der Waals surface area contributed by atoms with E-state index in [0.717, 1.165) is 5.56 Å². The summed E-state index contributed by atoms with van der Waals surface area (Å²) in [7, 11) is -3.33. The predicted molar refractivity (Wildman–Crippen MR) is 116 cm³/mol. The molecule has 0 aliphatic heterocycles. The highest BCUT2D eigenvalue weighted by Gasteiger charge is 2.30. The molecule has 2 aromatic heterocycles. The van der Waals surface area contributed by atoms with Gasteiger partial charge in [-0.1, -0.05) is 23.5 Å². The van der Waals surface area contributed by atoms with Gasteiger partial charge in [0, 0.05) is 16.8 Å². The highest BCUT2D eigenvalue weighted by atomic mass is 32.2. The summed E-state index contributed by atoms with van der Waals surface area (Å²) in [6.07, 6.45) is -1.07. The Labute approximate surface area is 173 Å². The van der Waals surface area contributed by atoms with Crippen LogP contribution in [0, 0.1) is 0 Å². The second-order valence-corrected chi connectivity index (χ2v) is 10.4. The second kappa shape index (κ2) is 7.60. The lowest BCUT2D eigenvalue weighted by atomic mass is 10.1. The fourth-order valence-electron chi connectivity index (χ4n) is 2.68. The van der Waals surface area contributed by atoms with Crippen LogP contribution in [-0.2, 0) is 10.0 Å². The molecule has 1 aromatic carbocycles. The van der Waals surface area contributed by atoms with E-state index >= 15 is 0 Å². The molecule has 0 radical (unpaired) electrons. The normalized spacial score (nSPS) is 12.1. The lowest BCUT2D eigenvalue weighted by molar-refractivity contribution is 0.195. The molecular weight excluding hydrogens is 412 g/mol. The Morgan fingerprint density at radius 1 is 1.14 bits per heavy atom. The van der Waals surface area contributed by atoms with Crippen molar-refractivity contribution in [2.45, 2.75) is 33.2 Å². The van der Waals surface area contributed by atoms with Gasteiger partial charge in [0.15, 0.2) is 5.13 Å². The molecule has 0 aliphatic carbocycles. The monoisotopic (exact) mass is 434 g/mol. The number of benzene rings is 1. The summed E-state index contributed by atoms with van der Waals surface area (Å²) < 4.78 is 25.8. The number of amides is 1. The van der Waals surface area contributed by atoms with Crippen LogP contribution >= 0.6 is 11.3 Å². The van der Waals surface area contributed by atoms with E-state index in [2.05, 4.69) is 14.7 Å². The topological polar surface area (TPSA) is 112 Å². The third-order valence-electron chi connectivity index (χ3n) is 4.13. The third-order valence-corrected chi connectivity index (χ3v) is 6.39. The SMILES string of the molecule is CCS(=O)(=O)Nc1ccc(-c2ccc3nc(N(C(=O)O)C(C)(C)C)sc3n2)cc1. The van der Waals surface area contributed by atoms with Crippen LogP contribution in [0.4, 0.5) is 15.6 Å². The average molecular weight is 435 g/mol. The fraction of sp³-hybridized carbons (Fsp3) is 0.316. The molecule has 154 valence electrons. The highest BCUT2D eigenvalue weighted by Crippen LogP contribution is 2.33. The molecule has 0 unspecified atom stereocenters. The summed E-state index contributed by atoms with van der Waals surface area (Å²) in [5.74, 6) is 0.00259. The van der Waals surface area contributed by atoms with E-state index in [1.165, 1.54) is 16.2 Å². The van der Waals surface area contributed by atoms with E-state index in [-0.39, 0.29) is 5.75 Å². The van der Waals surface area contributed by atoms with Crippen LogP contribution < -0.4 is 9.62 Å². The number of nitrogens with zero attached hydrogens (tertiary/aromatic N) is 3. The van der Waals surface area contributed by atoms with Gasteiger partial charge in [0.05, 0.1) is 11.4 Å². The zero-order valence-electron chi connectivity index (χ0n) is 16.5. The van der Waals surface area contributed by atoms with Gasteiger partial charge in [0.1, 0.15) is 10.3 Å². The number of carbonyl (C=O) groups is 1. The van der Waals surface area contributed by atoms with Crippen LogP contribution in [0.2, 0.25) is 0 Å². The van der Waals surface area contributed by atoms with Crippen LogP contribution in [-0.4, -0.2) is 40.9 Å². The number of fused-ring (bicyclic) bond motifs is 1. The largest absolute Gasteiger partial charge is 0.465 e. The van der Waals surface area contributed by atoms with Crippen LogP contribution in [0.5, 0.6) is 0 Å². The Hall–Kier alpha value is -2.72. The summed E-state index contributed by atoms with van der Waals surface area (Å²) in [5, 5.41) is 9.94. The molecule has 29 heavy (non-hydrogen) atoms. The maximum absolute atomic E-state index is 11.7. The van der Waals surface area contributed by atoms with Crippen LogP contribution in [0.1, 0.15) is 27.7 Å². The van der Waals surface area contributed by atoms with Crippen molar-refractivity contribution in [2.24, 2.45) is 0 Å². The average Bonchev–Trinajstić information content (AvgIpc) is 3.02. The summed E-state index contributed by atoms with van der Waals surface area (Å²) in [4.78, 5) is 22.6. The summed E-state index contributed by atoms with van der Waals surface area (Å²) in [5.41, 5.74) is 1.97. The van der Waals surface area contributed by atoms with Gasteiger partial charge in [0.2, 0.25) is 10.0 Å². The molecule has 0 spiro atoms. The third kappa shape index (κ3) is 4.65. The van der Waals surface area contributed by atoms with E-state index in [1.807, 2.05) is 0 Å². The lowest BCUT2D eigenvalue weighted by Crippen LogP contribution is -2.45. The van der Waals surface area contributed by atoms with Gasteiger partial charge >= 0.3 is 6.09 Å². The number of nitrogens with one attached hydrogen (secondary N) is 1. The van der Waals surface area contributed by atoms with Crippen LogP contribution in [0.3, 0.4) is 0 Å². The van der Waals surface area contributed by atoms with Gasteiger partial charge in [-0.05, 0) is 52.0 Å². The van der Waals surface area contributed by atoms with E-state index in [0.29, 0.717) is 26.9 Å². The molecule has 2 N–H and O–H groups in total. The van der Waals surface area contributed by atoms with E-state index < -0.39 is 21.7 Å². The standard InChI is InChI=1S/C19H22N4O4S2/c1-5-29(26,27)22-13-8-6-12(7-9-13)14-10-11-15-16(20-14)28-17(21-15)23(18(24)25)19(2,3)4/h6-11,22H,5H2,1-4H3,(H,24,25). The Bertz CT molecular complexity index is 1150. The van der Waals surface area contributed by atoms with Crippen molar-refractivity contribution in [1.29, 1.82) is 0 Å². The number of anilines is 2. The first kappa shape index (κ1) is 21.0. The molecule has 0 aliphatic rings. The zero-order chi connectivity index (χ0) is 21.4. The van der Waals surface area contributed by atoms with E-state index in [9.17, 15) is 18.3 Å². The van der Waals surface area contributed by atoms with E-state index in [4.69, 9.17) is 0 Å². The minimum atomic E-state index is -3.33. The first-order valence-corrected chi connectivity index (χ1v) is 11.4. The molecule has 2 heterocycles.